The lowest BCUT2D eigenvalue weighted by atomic mass is 9.73. The Hall–Kier alpha value is -2.00. The van der Waals surface area contributed by atoms with E-state index in [4.69, 9.17) is 6.42 Å². The molecule has 1 unspecified atom stereocenters. The predicted octanol–water partition coefficient (Wildman–Crippen LogP) is 2.16. The summed E-state index contributed by atoms with van der Waals surface area (Å²) >= 11 is 0. The molecule has 0 saturated carbocycles. The minimum absolute atomic E-state index is 0.0259. The molecule has 1 atom stereocenters. The zero-order valence-corrected chi connectivity index (χ0v) is 9.90. The maximum atomic E-state index is 5.52. The highest BCUT2D eigenvalue weighted by molar-refractivity contribution is 5.87. The van der Waals surface area contributed by atoms with Gasteiger partial charge in [0.15, 0.2) is 0 Å². The van der Waals surface area contributed by atoms with E-state index >= 15 is 0 Å². The third-order valence-corrected chi connectivity index (χ3v) is 3.61. The van der Waals surface area contributed by atoms with E-state index in [2.05, 4.69) is 61.4 Å². The normalized spacial score (nSPS) is 24.5. The van der Waals surface area contributed by atoms with Crippen LogP contribution in [0.15, 0.2) is 48.1 Å². The molecule has 0 fully saturated rings. The average molecular weight is 218 g/mol. The van der Waals surface area contributed by atoms with Gasteiger partial charge in [0.25, 0.3) is 0 Å². The molecular weight excluding hydrogens is 204 g/mol. The topological polar surface area (TPSA) is 0 Å². The molecule has 3 rings (SSSR count). The third-order valence-electron chi connectivity index (χ3n) is 3.61. The number of terminal acetylenes is 1. The summed E-state index contributed by atoms with van der Waals surface area (Å²) in [7, 11) is 0. The lowest BCUT2D eigenvalue weighted by molar-refractivity contribution is 0.590. The van der Waals surface area contributed by atoms with E-state index < -0.39 is 0 Å². The summed E-state index contributed by atoms with van der Waals surface area (Å²) in [5.41, 5.74) is 2.67. The number of hydrogen-bond donors (Lipinski definition) is 0. The Morgan fingerprint density at radius 1 is 1.29 bits per heavy atom. The highest BCUT2D eigenvalue weighted by Gasteiger charge is 2.31. The van der Waals surface area contributed by atoms with Gasteiger partial charge in [-0.05, 0) is 27.7 Å². The summed E-state index contributed by atoms with van der Waals surface area (Å²) in [6.45, 7) is 2.22. The van der Waals surface area contributed by atoms with Crippen molar-refractivity contribution in [3.63, 3.8) is 0 Å². The van der Waals surface area contributed by atoms with Crippen LogP contribution in [-0.4, -0.2) is 0 Å². The molecule has 0 amide bonds. The van der Waals surface area contributed by atoms with Gasteiger partial charge in [0.1, 0.15) is 0 Å². The fourth-order valence-corrected chi connectivity index (χ4v) is 2.82. The molecular formula is C17H14. The largest absolute Gasteiger partial charge is 0.120 e. The maximum absolute atomic E-state index is 5.52. The molecule has 0 N–H and O–H groups in total. The Morgan fingerprint density at radius 2 is 2.12 bits per heavy atom. The van der Waals surface area contributed by atoms with Crippen molar-refractivity contribution in [2.24, 2.45) is 5.41 Å². The van der Waals surface area contributed by atoms with Crippen LogP contribution < -0.4 is 10.4 Å². The predicted molar refractivity (Wildman–Crippen MR) is 72.3 cm³/mol. The van der Waals surface area contributed by atoms with Crippen molar-refractivity contribution in [1.29, 1.82) is 0 Å². The van der Waals surface area contributed by atoms with Crippen LogP contribution in [0.1, 0.15) is 13.3 Å². The number of rotatable bonds is 1. The van der Waals surface area contributed by atoms with Crippen LogP contribution in [0, 0.1) is 17.8 Å². The second kappa shape index (κ2) is 3.50. The Balaban J connectivity index is 2.36. The summed E-state index contributed by atoms with van der Waals surface area (Å²) in [5.74, 6) is 2.81. The molecule has 0 heteroatoms. The number of fused-ring (bicyclic) bond motifs is 2. The number of allylic oxidation sites excluding steroid dienone is 4. The molecule has 1 aromatic carbocycles. The molecule has 0 saturated heterocycles. The quantitative estimate of drug-likeness (QED) is 0.634. The van der Waals surface area contributed by atoms with Gasteiger partial charge in [-0.1, -0.05) is 49.4 Å². The van der Waals surface area contributed by atoms with Gasteiger partial charge in [-0.25, -0.2) is 0 Å². The van der Waals surface area contributed by atoms with E-state index in [1.807, 2.05) is 0 Å². The fraction of sp³-hybridized carbons (Fsp3) is 0.176. The van der Waals surface area contributed by atoms with Crippen LogP contribution in [0.25, 0.3) is 11.6 Å². The fourth-order valence-electron chi connectivity index (χ4n) is 2.82. The molecule has 17 heavy (non-hydrogen) atoms. The Labute approximate surface area is 102 Å². The van der Waals surface area contributed by atoms with E-state index in [1.165, 1.54) is 21.6 Å². The van der Waals surface area contributed by atoms with Crippen LogP contribution in [0.3, 0.4) is 0 Å². The molecule has 0 aromatic heterocycles. The van der Waals surface area contributed by atoms with Gasteiger partial charge in [-0.2, -0.15) is 0 Å². The molecule has 0 aliphatic heterocycles. The van der Waals surface area contributed by atoms with Crippen molar-refractivity contribution < 1.29 is 0 Å². The van der Waals surface area contributed by atoms with E-state index in [-0.39, 0.29) is 5.41 Å². The maximum Gasteiger partial charge on any atom is 0.0228 e. The van der Waals surface area contributed by atoms with Crippen molar-refractivity contribution in [2.45, 2.75) is 13.3 Å². The minimum atomic E-state index is -0.0259. The van der Waals surface area contributed by atoms with Crippen LogP contribution >= 0.6 is 0 Å². The van der Waals surface area contributed by atoms with Crippen molar-refractivity contribution in [2.75, 3.05) is 0 Å². The summed E-state index contributed by atoms with van der Waals surface area (Å²) < 4.78 is 0. The van der Waals surface area contributed by atoms with Crippen molar-refractivity contribution in [3.05, 3.63) is 58.5 Å². The molecule has 0 bridgehead atoms. The zero-order chi connectivity index (χ0) is 11.9. The van der Waals surface area contributed by atoms with Gasteiger partial charge < -0.3 is 0 Å². The summed E-state index contributed by atoms with van der Waals surface area (Å²) in [4.78, 5) is 0. The summed E-state index contributed by atoms with van der Waals surface area (Å²) in [6.07, 6.45) is 15.0. The monoisotopic (exact) mass is 218 g/mol. The molecule has 1 aromatic rings. The molecule has 0 heterocycles. The van der Waals surface area contributed by atoms with E-state index in [9.17, 15) is 0 Å². The van der Waals surface area contributed by atoms with Gasteiger partial charge in [-0.15, -0.1) is 12.3 Å². The zero-order valence-electron chi connectivity index (χ0n) is 9.90. The first-order valence-electron chi connectivity index (χ1n) is 5.89. The van der Waals surface area contributed by atoms with Crippen LogP contribution in [0.4, 0.5) is 0 Å². The number of benzene rings is 1. The van der Waals surface area contributed by atoms with Crippen LogP contribution in [0.5, 0.6) is 0 Å². The minimum Gasteiger partial charge on any atom is -0.120 e. The second-order valence-corrected chi connectivity index (χ2v) is 4.89. The van der Waals surface area contributed by atoms with Gasteiger partial charge in [0.05, 0.1) is 0 Å². The molecule has 0 spiro atoms. The van der Waals surface area contributed by atoms with Crippen molar-refractivity contribution in [3.8, 4) is 12.3 Å². The van der Waals surface area contributed by atoms with Gasteiger partial charge >= 0.3 is 0 Å². The summed E-state index contributed by atoms with van der Waals surface area (Å²) in [6, 6.07) is 8.53. The first-order chi connectivity index (χ1) is 8.24. The molecule has 0 nitrogen and oxygen atoms in total. The van der Waals surface area contributed by atoms with Gasteiger partial charge in [0.2, 0.25) is 0 Å². The third kappa shape index (κ3) is 1.40. The molecule has 2 aliphatic carbocycles. The smallest absolute Gasteiger partial charge is 0.0228 e. The first-order valence-corrected chi connectivity index (χ1v) is 5.89. The van der Waals surface area contributed by atoms with Crippen molar-refractivity contribution in [1.82, 2.24) is 0 Å². The molecule has 2 aliphatic rings. The van der Waals surface area contributed by atoms with Crippen LogP contribution in [-0.2, 0) is 0 Å². The Kier molecular flexibility index (Phi) is 2.09. The van der Waals surface area contributed by atoms with E-state index in [0.717, 1.165) is 6.42 Å². The molecule has 0 radical (unpaired) electrons. The average Bonchev–Trinajstić information content (AvgIpc) is 2.69. The van der Waals surface area contributed by atoms with Crippen LogP contribution in [0.2, 0.25) is 0 Å². The first kappa shape index (κ1) is 10.2. The Morgan fingerprint density at radius 3 is 2.94 bits per heavy atom. The second-order valence-electron chi connectivity index (χ2n) is 4.89. The van der Waals surface area contributed by atoms with E-state index in [0.29, 0.717) is 0 Å². The lowest BCUT2D eigenvalue weighted by Crippen LogP contribution is -2.28. The standard InChI is InChI=1S/C17H14/c1-3-10-17(2)11-6-8-14-12-13-7-4-5-9-15(13)16(14)17/h1,4-9,11-12H,10H2,2H3. The SMILES string of the molecule is C#CCC1(C)C=CC=C2C=c3ccccc3=C21. The molecule has 82 valence electrons. The highest BCUT2D eigenvalue weighted by atomic mass is 14.3. The summed E-state index contributed by atoms with van der Waals surface area (Å²) in [5, 5.41) is 2.64. The highest BCUT2D eigenvalue weighted by Crippen LogP contribution is 2.41. The van der Waals surface area contributed by atoms with E-state index in [1.54, 1.807) is 0 Å². The van der Waals surface area contributed by atoms with Gasteiger partial charge in [0, 0.05) is 11.8 Å². The Bertz CT molecular complexity index is 692. The van der Waals surface area contributed by atoms with Gasteiger partial charge in [-0.3, -0.25) is 0 Å². The lowest BCUT2D eigenvalue weighted by Gasteiger charge is -2.29. The number of hydrogen-bond acceptors (Lipinski definition) is 0. The van der Waals surface area contributed by atoms with Crippen molar-refractivity contribution >= 4 is 11.6 Å².